The van der Waals surface area contributed by atoms with Gasteiger partial charge in [-0.2, -0.15) is 0 Å². The molecule has 72 valence electrons. The van der Waals surface area contributed by atoms with Crippen LogP contribution in [0.1, 0.15) is 16.8 Å². The van der Waals surface area contributed by atoms with Crippen molar-refractivity contribution in [3.05, 3.63) is 48.3 Å². The Morgan fingerprint density at radius 3 is 2.71 bits per heavy atom. The summed E-state index contributed by atoms with van der Waals surface area (Å²) < 4.78 is 0. The van der Waals surface area contributed by atoms with Crippen LogP contribution >= 0.6 is 0 Å². The second kappa shape index (κ2) is 5.14. The zero-order valence-electron chi connectivity index (χ0n) is 7.98. The second-order valence-electron chi connectivity index (χ2n) is 2.74. The normalized spacial score (nSPS) is 10.4. The predicted octanol–water partition coefficient (Wildman–Crippen LogP) is 2.37. The van der Waals surface area contributed by atoms with Gasteiger partial charge >= 0.3 is 0 Å². The summed E-state index contributed by atoms with van der Waals surface area (Å²) in [5.74, 6) is 0. The molecule has 14 heavy (non-hydrogen) atoms. The molecule has 2 nitrogen and oxygen atoms in total. The number of aliphatic hydroxyl groups is 1. The third-order valence-corrected chi connectivity index (χ3v) is 1.80. The lowest BCUT2D eigenvalue weighted by atomic mass is 10.1. The molecule has 1 aromatic heterocycles. The molecule has 0 fully saturated rings. The van der Waals surface area contributed by atoms with E-state index in [9.17, 15) is 0 Å². The average molecular weight is 187 g/mol. The number of rotatable bonds is 4. The van der Waals surface area contributed by atoms with Crippen molar-refractivity contribution in [2.75, 3.05) is 6.61 Å². The van der Waals surface area contributed by atoms with Gasteiger partial charge in [0.1, 0.15) is 0 Å². The quantitative estimate of drug-likeness (QED) is 0.785. The Morgan fingerprint density at radius 2 is 2.14 bits per heavy atom. The number of hydrogen-bond acceptors (Lipinski definition) is 2. The number of pyridine rings is 1. The summed E-state index contributed by atoms with van der Waals surface area (Å²) in [6, 6.07) is 1.95. The van der Waals surface area contributed by atoms with Gasteiger partial charge in [0, 0.05) is 11.8 Å². The van der Waals surface area contributed by atoms with Crippen LogP contribution in [0.15, 0.2) is 31.5 Å². The fraction of sp³-hybridized carbons (Fsp3) is 0.0833. The Bertz CT molecular complexity index is 367. The van der Waals surface area contributed by atoms with Gasteiger partial charge in [0.2, 0.25) is 0 Å². The first-order chi connectivity index (χ1) is 6.81. The molecule has 2 heteroatoms. The molecule has 1 aromatic rings. The van der Waals surface area contributed by atoms with Crippen LogP contribution in [0.3, 0.4) is 0 Å². The monoisotopic (exact) mass is 187 g/mol. The highest BCUT2D eigenvalue weighted by atomic mass is 16.2. The molecule has 0 bridgehead atoms. The molecule has 0 amide bonds. The van der Waals surface area contributed by atoms with Crippen LogP contribution in [0.5, 0.6) is 0 Å². The third-order valence-electron chi connectivity index (χ3n) is 1.80. The van der Waals surface area contributed by atoms with Crippen LogP contribution in [0.25, 0.3) is 18.2 Å². The zero-order chi connectivity index (χ0) is 10.4. The smallest absolute Gasteiger partial charge is 0.0696 e. The van der Waals surface area contributed by atoms with E-state index in [2.05, 4.69) is 18.1 Å². The second-order valence-corrected chi connectivity index (χ2v) is 2.74. The molecule has 1 N–H and O–H groups in total. The Labute approximate surface area is 83.9 Å². The summed E-state index contributed by atoms with van der Waals surface area (Å²) in [4.78, 5) is 4.20. The van der Waals surface area contributed by atoms with Gasteiger partial charge in [0.25, 0.3) is 0 Å². The molecule has 0 spiro atoms. The van der Waals surface area contributed by atoms with Gasteiger partial charge in [0.15, 0.2) is 0 Å². The van der Waals surface area contributed by atoms with Gasteiger partial charge < -0.3 is 5.11 Å². The summed E-state index contributed by atoms with van der Waals surface area (Å²) >= 11 is 0. The number of hydrogen-bond donors (Lipinski definition) is 1. The van der Waals surface area contributed by atoms with E-state index in [-0.39, 0.29) is 6.61 Å². The molecule has 0 aliphatic rings. The Kier molecular flexibility index (Phi) is 3.83. The predicted molar refractivity (Wildman–Crippen MR) is 60.5 cm³/mol. The van der Waals surface area contributed by atoms with E-state index in [1.165, 1.54) is 0 Å². The third kappa shape index (κ3) is 2.41. The lowest BCUT2D eigenvalue weighted by molar-refractivity contribution is 0.343. The van der Waals surface area contributed by atoms with Crippen molar-refractivity contribution in [1.29, 1.82) is 0 Å². The molecule has 0 saturated carbocycles. The van der Waals surface area contributed by atoms with Crippen LogP contribution in [-0.2, 0) is 0 Å². The molecule has 1 heterocycles. The fourth-order valence-corrected chi connectivity index (χ4v) is 1.12. The Morgan fingerprint density at radius 1 is 1.36 bits per heavy atom. The van der Waals surface area contributed by atoms with Crippen molar-refractivity contribution < 1.29 is 5.11 Å². The number of nitrogens with zero attached hydrogens (tertiary/aromatic N) is 1. The minimum atomic E-state index is 0.0344. The van der Waals surface area contributed by atoms with Gasteiger partial charge in [-0.15, -0.1) is 0 Å². The molecular formula is C12H13NO. The van der Waals surface area contributed by atoms with Gasteiger partial charge in [-0.1, -0.05) is 31.4 Å². The highest BCUT2D eigenvalue weighted by Crippen LogP contribution is 2.12. The average Bonchev–Trinajstić information content (AvgIpc) is 2.25. The fourth-order valence-electron chi connectivity index (χ4n) is 1.12. The molecule has 0 aromatic carbocycles. The van der Waals surface area contributed by atoms with Crippen molar-refractivity contribution in [2.45, 2.75) is 0 Å². The lowest BCUT2D eigenvalue weighted by Gasteiger charge is -2.00. The van der Waals surface area contributed by atoms with E-state index in [0.717, 1.165) is 16.8 Å². The molecular weight excluding hydrogens is 174 g/mol. The summed E-state index contributed by atoms with van der Waals surface area (Å²) in [6.45, 7) is 7.40. The minimum Gasteiger partial charge on any atom is -0.392 e. The maximum absolute atomic E-state index is 8.61. The van der Waals surface area contributed by atoms with Gasteiger partial charge in [-0.3, -0.25) is 4.98 Å². The van der Waals surface area contributed by atoms with Gasteiger partial charge in [-0.05, 0) is 17.7 Å². The van der Waals surface area contributed by atoms with Crippen molar-refractivity contribution in [3.63, 3.8) is 0 Å². The zero-order valence-corrected chi connectivity index (χ0v) is 7.98. The van der Waals surface area contributed by atoms with E-state index in [1.54, 1.807) is 24.4 Å². The first-order valence-corrected chi connectivity index (χ1v) is 4.34. The molecule has 0 unspecified atom stereocenters. The summed E-state index contributed by atoms with van der Waals surface area (Å²) in [7, 11) is 0. The molecule has 0 aliphatic carbocycles. The van der Waals surface area contributed by atoms with Crippen molar-refractivity contribution in [3.8, 4) is 0 Å². The Balaban J connectivity index is 3.07. The summed E-state index contributed by atoms with van der Waals surface area (Å²) in [6.07, 6.45) is 8.64. The van der Waals surface area contributed by atoms with Gasteiger partial charge in [-0.25, -0.2) is 0 Å². The minimum absolute atomic E-state index is 0.0344. The first-order valence-electron chi connectivity index (χ1n) is 4.34. The lowest BCUT2D eigenvalue weighted by Crippen LogP contribution is -1.87. The maximum atomic E-state index is 8.61. The van der Waals surface area contributed by atoms with Crippen LogP contribution < -0.4 is 0 Å². The standard InChI is InChI=1S/C12H13NO/c1-3-11-8-10(6-5-7-14)9-13-12(11)4-2/h3-6,8-9,14H,1-2,7H2/b6-5+. The van der Waals surface area contributed by atoms with E-state index in [0.29, 0.717) is 0 Å². The number of aliphatic hydroxyl groups excluding tert-OH is 1. The van der Waals surface area contributed by atoms with Crippen molar-refractivity contribution in [1.82, 2.24) is 4.98 Å². The maximum Gasteiger partial charge on any atom is 0.0696 e. The summed E-state index contributed by atoms with van der Waals surface area (Å²) in [5.41, 5.74) is 2.71. The largest absolute Gasteiger partial charge is 0.392 e. The molecule has 0 aliphatic heterocycles. The van der Waals surface area contributed by atoms with Crippen LogP contribution in [0.4, 0.5) is 0 Å². The molecule has 0 saturated heterocycles. The van der Waals surface area contributed by atoms with Crippen molar-refractivity contribution in [2.24, 2.45) is 0 Å². The topological polar surface area (TPSA) is 33.1 Å². The highest BCUT2D eigenvalue weighted by Gasteiger charge is 1.96. The first kappa shape index (κ1) is 10.4. The van der Waals surface area contributed by atoms with Gasteiger partial charge in [0.05, 0.1) is 12.3 Å². The Hall–Kier alpha value is -1.67. The van der Waals surface area contributed by atoms with E-state index in [1.807, 2.05) is 12.1 Å². The highest BCUT2D eigenvalue weighted by molar-refractivity contribution is 5.64. The van der Waals surface area contributed by atoms with E-state index < -0.39 is 0 Å². The number of aromatic nitrogens is 1. The van der Waals surface area contributed by atoms with Crippen molar-refractivity contribution >= 4 is 18.2 Å². The molecule has 1 rings (SSSR count). The molecule has 0 atom stereocenters. The summed E-state index contributed by atoms with van der Waals surface area (Å²) in [5, 5.41) is 8.61. The van der Waals surface area contributed by atoms with Crippen LogP contribution in [-0.4, -0.2) is 16.7 Å². The SMILES string of the molecule is C=Cc1cc(/C=C/CO)cnc1C=C. The van der Waals surface area contributed by atoms with E-state index in [4.69, 9.17) is 5.11 Å². The van der Waals surface area contributed by atoms with E-state index >= 15 is 0 Å². The molecule has 0 radical (unpaired) electrons. The van der Waals surface area contributed by atoms with Crippen LogP contribution in [0, 0.1) is 0 Å². The van der Waals surface area contributed by atoms with Crippen LogP contribution in [0.2, 0.25) is 0 Å².